The van der Waals surface area contributed by atoms with Gasteiger partial charge in [0.15, 0.2) is 0 Å². The Morgan fingerprint density at radius 2 is 1.97 bits per heavy atom. The first kappa shape index (κ1) is 20.9. The first-order valence-electron chi connectivity index (χ1n) is 10.7. The molecule has 168 valence electrons. The van der Waals surface area contributed by atoms with E-state index in [4.69, 9.17) is 0 Å². The molecular formula is C22H27N7O2S. The summed E-state index contributed by atoms with van der Waals surface area (Å²) >= 11 is 1.49. The van der Waals surface area contributed by atoms with Gasteiger partial charge in [0.2, 0.25) is 0 Å². The van der Waals surface area contributed by atoms with Crippen LogP contribution in [0.5, 0.6) is 0 Å². The van der Waals surface area contributed by atoms with Gasteiger partial charge in [0.1, 0.15) is 17.8 Å². The number of hydrogen-bond acceptors (Lipinski definition) is 6. The van der Waals surface area contributed by atoms with Crippen LogP contribution in [0.25, 0.3) is 10.2 Å². The molecule has 1 saturated carbocycles. The minimum absolute atomic E-state index is 0.0366. The average molecular weight is 454 g/mol. The molecule has 3 aromatic heterocycles. The zero-order valence-corrected chi connectivity index (χ0v) is 19.5. The number of fused-ring (bicyclic) bond motifs is 1. The fraction of sp³-hybridized carbons (Fsp3) is 0.500. The molecule has 2 fully saturated rings. The fourth-order valence-corrected chi connectivity index (χ4v) is 5.46. The van der Waals surface area contributed by atoms with Crippen molar-refractivity contribution < 1.29 is 9.59 Å². The monoisotopic (exact) mass is 453 g/mol. The lowest BCUT2D eigenvalue weighted by atomic mass is 9.60. The molecule has 32 heavy (non-hydrogen) atoms. The number of aromatic nitrogens is 4. The lowest BCUT2D eigenvalue weighted by Crippen LogP contribution is -2.67. The predicted molar refractivity (Wildman–Crippen MR) is 123 cm³/mol. The van der Waals surface area contributed by atoms with Crippen LogP contribution in [0.4, 0.5) is 10.6 Å². The van der Waals surface area contributed by atoms with E-state index in [0.717, 1.165) is 28.8 Å². The molecule has 3 aromatic rings. The highest BCUT2D eigenvalue weighted by atomic mass is 32.1. The maximum Gasteiger partial charge on any atom is 0.320 e. The summed E-state index contributed by atoms with van der Waals surface area (Å²) in [5.41, 5.74) is 2.26. The highest BCUT2D eigenvalue weighted by molar-refractivity contribution is 7.17. The van der Waals surface area contributed by atoms with E-state index < -0.39 is 0 Å². The Bertz CT molecular complexity index is 1190. The minimum atomic E-state index is -0.221. The number of aryl methyl sites for hydroxylation is 1. The zero-order valence-electron chi connectivity index (χ0n) is 18.7. The van der Waals surface area contributed by atoms with Gasteiger partial charge in [0, 0.05) is 43.1 Å². The largest absolute Gasteiger partial charge is 0.336 e. The van der Waals surface area contributed by atoms with Crippen LogP contribution in [-0.4, -0.2) is 55.7 Å². The maximum absolute atomic E-state index is 12.9. The molecule has 1 aliphatic carbocycles. The standard InChI is InChI=1S/C22H27N7O2S/c1-21(2,3)15-7-16(28(4)27-15)26-20(31)25-13-8-22(9-13)10-29(11-22)19(30)17-18-14(5-6-32-18)23-12-24-17/h5-7,12-13H,8-11H2,1-4H3,(H2,25,26,31). The quantitative estimate of drug-likeness (QED) is 0.634. The van der Waals surface area contributed by atoms with Crippen molar-refractivity contribution in [2.45, 2.75) is 45.1 Å². The number of amides is 3. The van der Waals surface area contributed by atoms with E-state index in [0.29, 0.717) is 24.6 Å². The first-order valence-corrected chi connectivity index (χ1v) is 11.6. The van der Waals surface area contributed by atoms with Gasteiger partial charge in [-0.1, -0.05) is 20.8 Å². The van der Waals surface area contributed by atoms with Crippen molar-refractivity contribution in [1.29, 1.82) is 0 Å². The van der Waals surface area contributed by atoms with Gasteiger partial charge >= 0.3 is 6.03 Å². The van der Waals surface area contributed by atoms with E-state index >= 15 is 0 Å². The number of hydrogen-bond donors (Lipinski definition) is 2. The fourth-order valence-electron chi connectivity index (χ4n) is 4.63. The minimum Gasteiger partial charge on any atom is -0.336 e. The average Bonchev–Trinajstić information content (AvgIpc) is 3.28. The number of anilines is 1. The van der Waals surface area contributed by atoms with Crippen LogP contribution in [-0.2, 0) is 12.5 Å². The van der Waals surface area contributed by atoms with Crippen molar-refractivity contribution in [3.05, 3.63) is 35.2 Å². The van der Waals surface area contributed by atoms with Crippen molar-refractivity contribution in [1.82, 2.24) is 30.0 Å². The molecule has 2 N–H and O–H groups in total. The Morgan fingerprint density at radius 3 is 2.66 bits per heavy atom. The number of carbonyl (C=O) groups is 2. The second-order valence-electron chi connectivity index (χ2n) is 10.0. The maximum atomic E-state index is 12.9. The predicted octanol–water partition coefficient (Wildman–Crippen LogP) is 3.15. The molecule has 5 rings (SSSR count). The molecular weight excluding hydrogens is 426 g/mol. The van der Waals surface area contributed by atoms with Crippen LogP contribution in [0.15, 0.2) is 23.8 Å². The van der Waals surface area contributed by atoms with Gasteiger partial charge in [-0.25, -0.2) is 14.8 Å². The summed E-state index contributed by atoms with van der Waals surface area (Å²) in [5.74, 6) is 0.636. The summed E-state index contributed by atoms with van der Waals surface area (Å²) in [6.07, 6.45) is 3.20. The second-order valence-corrected chi connectivity index (χ2v) is 10.9. The Labute approximate surface area is 190 Å². The molecule has 1 aliphatic heterocycles. The van der Waals surface area contributed by atoms with Crippen molar-refractivity contribution in [3.8, 4) is 0 Å². The van der Waals surface area contributed by atoms with E-state index in [-0.39, 0.29) is 28.8 Å². The Hall–Kier alpha value is -3.01. The number of likely N-dealkylation sites (tertiary alicyclic amines) is 1. The Balaban J connectivity index is 1.12. The molecule has 0 atom stereocenters. The van der Waals surface area contributed by atoms with Gasteiger partial charge in [-0.3, -0.25) is 14.8 Å². The number of rotatable bonds is 3. The second kappa shape index (κ2) is 7.26. The van der Waals surface area contributed by atoms with E-state index in [9.17, 15) is 9.59 Å². The van der Waals surface area contributed by atoms with Crippen molar-refractivity contribution >= 4 is 39.3 Å². The molecule has 2 aliphatic rings. The molecule has 3 amide bonds. The number of nitrogens with one attached hydrogen (secondary N) is 2. The lowest BCUT2D eigenvalue weighted by Gasteiger charge is -2.58. The molecule has 4 heterocycles. The topological polar surface area (TPSA) is 105 Å². The van der Waals surface area contributed by atoms with Gasteiger partial charge in [-0.2, -0.15) is 5.10 Å². The van der Waals surface area contributed by atoms with Crippen LogP contribution in [0.3, 0.4) is 0 Å². The van der Waals surface area contributed by atoms with E-state index in [1.165, 1.54) is 17.7 Å². The van der Waals surface area contributed by atoms with Crippen LogP contribution in [0.2, 0.25) is 0 Å². The van der Waals surface area contributed by atoms with Gasteiger partial charge in [-0.05, 0) is 24.3 Å². The number of nitrogens with zero attached hydrogens (tertiary/aromatic N) is 5. The van der Waals surface area contributed by atoms with E-state index in [1.54, 1.807) is 4.68 Å². The summed E-state index contributed by atoms with van der Waals surface area (Å²) in [6.45, 7) is 7.69. The third kappa shape index (κ3) is 3.62. The zero-order chi connectivity index (χ0) is 22.7. The molecule has 0 unspecified atom stereocenters. The van der Waals surface area contributed by atoms with Gasteiger partial charge < -0.3 is 10.2 Å². The smallest absolute Gasteiger partial charge is 0.320 e. The number of thiophene rings is 1. The normalized spacial score (nSPS) is 17.8. The van der Waals surface area contributed by atoms with Crippen LogP contribution in [0.1, 0.15) is 49.8 Å². The first-order chi connectivity index (χ1) is 15.1. The SMILES string of the molecule is Cn1nc(C(C)(C)C)cc1NC(=O)NC1CC2(C1)CN(C(=O)c1ncnc3ccsc13)C2. The molecule has 0 aromatic carbocycles. The molecule has 0 radical (unpaired) electrons. The Morgan fingerprint density at radius 1 is 1.22 bits per heavy atom. The molecule has 1 saturated heterocycles. The molecule has 1 spiro atoms. The van der Waals surface area contributed by atoms with Crippen LogP contribution in [0, 0.1) is 5.41 Å². The summed E-state index contributed by atoms with van der Waals surface area (Å²) in [4.78, 5) is 35.6. The number of urea groups is 1. The van der Waals surface area contributed by atoms with Crippen molar-refractivity contribution in [3.63, 3.8) is 0 Å². The van der Waals surface area contributed by atoms with E-state index in [1.807, 2.05) is 29.5 Å². The summed E-state index contributed by atoms with van der Waals surface area (Å²) in [5, 5.41) is 12.4. The summed E-state index contributed by atoms with van der Waals surface area (Å²) in [6, 6.07) is 3.71. The molecule has 0 bridgehead atoms. The molecule has 10 heteroatoms. The highest BCUT2D eigenvalue weighted by Gasteiger charge is 2.54. The molecule has 9 nitrogen and oxygen atoms in total. The van der Waals surface area contributed by atoms with Crippen LogP contribution < -0.4 is 10.6 Å². The van der Waals surface area contributed by atoms with Crippen molar-refractivity contribution in [2.75, 3.05) is 18.4 Å². The van der Waals surface area contributed by atoms with Crippen LogP contribution >= 0.6 is 11.3 Å². The van der Waals surface area contributed by atoms with E-state index in [2.05, 4.69) is 46.5 Å². The lowest BCUT2D eigenvalue weighted by molar-refractivity contribution is -0.0584. The van der Waals surface area contributed by atoms with Gasteiger partial charge in [0.05, 0.1) is 15.9 Å². The summed E-state index contributed by atoms with van der Waals surface area (Å²) in [7, 11) is 1.82. The Kier molecular flexibility index (Phi) is 4.74. The highest BCUT2D eigenvalue weighted by Crippen LogP contribution is 2.48. The van der Waals surface area contributed by atoms with Crippen molar-refractivity contribution in [2.24, 2.45) is 12.5 Å². The number of carbonyl (C=O) groups excluding carboxylic acids is 2. The third-order valence-electron chi connectivity index (χ3n) is 6.37. The summed E-state index contributed by atoms with van der Waals surface area (Å²) < 4.78 is 2.53. The van der Waals surface area contributed by atoms with Gasteiger partial charge in [-0.15, -0.1) is 11.3 Å². The third-order valence-corrected chi connectivity index (χ3v) is 7.28. The van der Waals surface area contributed by atoms with Gasteiger partial charge in [0.25, 0.3) is 5.91 Å².